The van der Waals surface area contributed by atoms with Gasteiger partial charge in [-0.1, -0.05) is 35.0 Å². The Hall–Kier alpha value is 0.140. The van der Waals surface area contributed by atoms with Gasteiger partial charge in [0.25, 0.3) is 0 Å². The van der Waals surface area contributed by atoms with Crippen LogP contribution in [0.25, 0.3) is 0 Å². The van der Waals surface area contributed by atoms with E-state index in [1.165, 1.54) is 12.8 Å². The zero-order valence-corrected chi connectivity index (χ0v) is 13.0. The number of alkyl halides is 1. The Morgan fingerprint density at radius 1 is 1.28 bits per heavy atom. The lowest BCUT2D eigenvalue weighted by Crippen LogP contribution is -2.36. The highest BCUT2D eigenvalue weighted by atomic mass is 79.9. The third kappa shape index (κ3) is 3.82. The minimum atomic E-state index is 0.312. The Labute approximate surface area is 119 Å². The zero-order valence-electron chi connectivity index (χ0n) is 11.4. The molecule has 0 aromatic heterocycles. The predicted octanol–water partition coefficient (Wildman–Crippen LogP) is 3.80. The molecule has 0 N–H and O–H groups in total. The third-order valence-electron chi connectivity index (χ3n) is 4.50. The number of hydrogen-bond acceptors (Lipinski definition) is 2. The first-order valence-electron chi connectivity index (χ1n) is 7.12. The molecule has 0 aromatic carbocycles. The average molecular weight is 317 g/mol. The topological polar surface area (TPSA) is 18.5 Å². The molecular weight excluding hydrogens is 292 g/mol. The smallest absolute Gasteiger partial charge is 0.0532 e. The lowest BCUT2D eigenvalue weighted by Gasteiger charge is -2.36. The quantitative estimate of drug-likeness (QED) is 0.567. The van der Waals surface area contributed by atoms with Gasteiger partial charge in [0.1, 0.15) is 0 Å². The zero-order chi connectivity index (χ0) is 12.8. The Kier molecular flexibility index (Phi) is 5.71. The minimum Gasteiger partial charge on any atom is -0.381 e. The van der Waals surface area contributed by atoms with Crippen LogP contribution in [0, 0.1) is 17.3 Å². The molecule has 3 heteroatoms. The standard InChI is InChI=1S/C15H25BrO2/c1-13-4-2-3-5-14(13)10-18-12-15(11-16)6-8-17-9-7-15/h2-3,13-14H,4-12H2,1H3. The highest BCUT2D eigenvalue weighted by Crippen LogP contribution is 2.33. The second-order valence-corrected chi connectivity index (χ2v) is 6.50. The molecule has 0 bridgehead atoms. The maximum Gasteiger partial charge on any atom is 0.0532 e. The highest BCUT2D eigenvalue weighted by Gasteiger charge is 2.32. The molecule has 18 heavy (non-hydrogen) atoms. The molecule has 0 aromatic rings. The van der Waals surface area contributed by atoms with E-state index >= 15 is 0 Å². The number of halogens is 1. The van der Waals surface area contributed by atoms with Gasteiger partial charge in [0.2, 0.25) is 0 Å². The van der Waals surface area contributed by atoms with Crippen LogP contribution in [0.5, 0.6) is 0 Å². The molecule has 0 spiro atoms. The van der Waals surface area contributed by atoms with Crippen LogP contribution in [0.3, 0.4) is 0 Å². The van der Waals surface area contributed by atoms with E-state index in [2.05, 4.69) is 35.0 Å². The molecule has 2 aliphatic rings. The summed E-state index contributed by atoms with van der Waals surface area (Å²) in [5.74, 6) is 1.48. The van der Waals surface area contributed by atoms with Crippen molar-refractivity contribution in [1.29, 1.82) is 0 Å². The number of ether oxygens (including phenoxy) is 2. The van der Waals surface area contributed by atoms with Gasteiger partial charge >= 0.3 is 0 Å². The molecule has 1 fully saturated rings. The summed E-state index contributed by atoms with van der Waals surface area (Å²) in [6.45, 7) is 5.91. The summed E-state index contributed by atoms with van der Waals surface area (Å²) in [7, 11) is 0. The SMILES string of the molecule is CC1CC=CCC1COCC1(CBr)CCOCC1. The average Bonchev–Trinajstić information content (AvgIpc) is 2.42. The van der Waals surface area contributed by atoms with Crippen molar-refractivity contribution < 1.29 is 9.47 Å². The molecule has 2 atom stereocenters. The Balaban J connectivity index is 1.74. The molecule has 1 heterocycles. The monoisotopic (exact) mass is 316 g/mol. The van der Waals surface area contributed by atoms with Crippen LogP contribution in [0.15, 0.2) is 12.2 Å². The van der Waals surface area contributed by atoms with Crippen molar-refractivity contribution in [2.75, 3.05) is 31.8 Å². The van der Waals surface area contributed by atoms with Crippen LogP contribution in [0.1, 0.15) is 32.6 Å². The Morgan fingerprint density at radius 3 is 2.67 bits per heavy atom. The number of hydrogen-bond donors (Lipinski definition) is 0. The predicted molar refractivity (Wildman–Crippen MR) is 78.1 cm³/mol. The molecule has 2 unspecified atom stereocenters. The Morgan fingerprint density at radius 2 is 2.00 bits per heavy atom. The highest BCUT2D eigenvalue weighted by molar-refractivity contribution is 9.09. The second-order valence-electron chi connectivity index (χ2n) is 5.94. The van der Waals surface area contributed by atoms with E-state index in [1.54, 1.807) is 0 Å². The second kappa shape index (κ2) is 7.06. The van der Waals surface area contributed by atoms with E-state index in [4.69, 9.17) is 9.47 Å². The maximum absolute atomic E-state index is 6.06. The lowest BCUT2D eigenvalue weighted by molar-refractivity contribution is -0.0375. The van der Waals surface area contributed by atoms with E-state index in [0.717, 1.165) is 50.5 Å². The van der Waals surface area contributed by atoms with Crippen molar-refractivity contribution in [3.63, 3.8) is 0 Å². The van der Waals surface area contributed by atoms with E-state index in [0.29, 0.717) is 11.3 Å². The summed E-state index contributed by atoms with van der Waals surface area (Å²) in [6, 6.07) is 0. The van der Waals surface area contributed by atoms with E-state index < -0.39 is 0 Å². The molecule has 2 rings (SSSR count). The van der Waals surface area contributed by atoms with Gasteiger partial charge < -0.3 is 9.47 Å². The first kappa shape index (κ1) is 14.5. The molecule has 1 aliphatic heterocycles. The van der Waals surface area contributed by atoms with Gasteiger partial charge in [-0.25, -0.2) is 0 Å². The summed E-state index contributed by atoms with van der Waals surface area (Å²) < 4.78 is 11.5. The largest absolute Gasteiger partial charge is 0.381 e. The van der Waals surface area contributed by atoms with Gasteiger partial charge in [-0.15, -0.1) is 0 Å². The summed E-state index contributed by atoms with van der Waals surface area (Å²) in [5, 5.41) is 1.03. The van der Waals surface area contributed by atoms with E-state index in [-0.39, 0.29) is 0 Å². The fourth-order valence-electron chi connectivity index (χ4n) is 2.79. The minimum absolute atomic E-state index is 0.312. The molecule has 1 aliphatic carbocycles. The molecule has 0 saturated carbocycles. The van der Waals surface area contributed by atoms with Gasteiger partial charge in [-0.05, 0) is 37.5 Å². The number of rotatable bonds is 5. The van der Waals surface area contributed by atoms with Crippen LogP contribution in [0.4, 0.5) is 0 Å². The lowest BCUT2D eigenvalue weighted by atomic mass is 9.83. The van der Waals surface area contributed by atoms with Crippen molar-refractivity contribution in [3.05, 3.63) is 12.2 Å². The van der Waals surface area contributed by atoms with Gasteiger partial charge in [0.15, 0.2) is 0 Å². The van der Waals surface area contributed by atoms with Gasteiger partial charge in [0.05, 0.1) is 6.61 Å². The molecule has 0 radical (unpaired) electrons. The van der Waals surface area contributed by atoms with E-state index in [9.17, 15) is 0 Å². The Bertz CT molecular complexity index is 272. The van der Waals surface area contributed by atoms with Gasteiger partial charge in [0, 0.05) is 30.6 Å². The molecule has 104 valence electrons. The van der Waals surface area contributed by atoms with Crippen molar-refractivity contribution in [2.24, 2.45) is 17.3 Å². The summed E-state index contributed by atoms with van der Waals surface area (Å²) in [5.41, 5.74) is 0.312. The van der Waals surface area contributed by atoms with Crippen molar-refractivity contribution in [2.45, 2.75) is 32.6 Å². The van der Waals surface area contributed by atoms with Crippen molar-refractivity contribution in [1.82, 2.24) is 0 Å². The van der Waals surface area contributed by atoms with Crippen LogP contribution in [-0.2, 0) is 9.47 Å². The fraction of sp³-hybridized carbons (Fsp3) is 0.867. The first-order valence-corrected chi connectivity index (χ1v) is 8.24. The first-order chi connectivity index (χ1) is 8.76. The van der Waals surface area contributed by atoms with Crippen LogP contribution in [-0.4, -0.2) is 31.8 Å². The van der Waals surface area contributed by atoms with E-state index in [1.807, 2.05) is 0 Å². The molecule has 1 saturated heterocycles. The van der Waals surface area contributed by atoms with Crippen molar-refractivity contribution >= 4 is 15.9 Å². The third-order valence-corrected chi connectivity index (χ3v) is 5.68. The maximum atomic E-state index is 6.06. The molecule has 0 amide bonds. The molecule has 2 nitrogen and oxygen atoms in total. The summed E-state index contributed by atoms with van der Waals surface area (Å²) in [4.78, 5) is 0. The van der Waals surface area contributed by atoms with Crippen LogP contribution < -0.4 is 0 Å². The summed E-state index contributed by atoms with van der Waals surface area (Å²) in [6.07, 6.45) is 9.26. The summed E-state index contributed by atoms with van der Waals surface area (Å²) >= 11 is 3.66. The van der Waals surface area contributed by atoms with Gasteiger partial charge in [-0.3, -0.25) is 0 Å². The fourth-order valence-corrected chi connectivity index (χ4v) is 3.51. The van der Waals surface area contributed by atoms with Gasteiger partial charge in [-0.2, -0.15) is 0 Å². The number of allylic oxidation sites excluding steroid dienone is 2. The molecular formula is C15H25BrO2. The normalized spacial score (nSPS) is 31.4. The van der Waals surface area contributed by atoms with Crippen molar-refractivity contribution in [3.8, 4) is 0 Å². The van der Waals surface area contributed by atoms with Crippen LogP contribution >= 0.6 is 15.9 Å². The van der Waals surface area contributed by atoms with Crippen LogP contribution in [0.2, 0.25) is 0 Å².